The van der Waals surface area contributed by atoms with Gasteiger partial charge in [0.25, 0.3) is 0 Å². The van der Waals surface area contributed by atoms with Gasteiger partial charge in [-0.2, -0.15) is 0 Å². The maximum atomic E-state index is 3.50. The number of rotatable bonds is 4. The maximum Gasteiger partial charge on any atom is 0.0701 e. The zero-order chi connectivity index (χ0) is 11.5. The van der Waals surface area contributed by atoms with Crippen molar-refractivity contribution in [1.82, 2.24) is 5.32 Å². The minimum atomic E-state index is 0.422. The number of hydrogen-bond donors (Lipinski definition) is 1. The molecule has 0 spiro atoms. The molecule has 0 saturated carbocycles. The first-order valence-corrected chi connectivity index (χ1v) is 8.41. The van der Waals surface area contributed by atoms with E-state index < -0.39 is 0 Å². The summed E-state index contributed by atoms with van der Waals surface area (Å²) in [6, 6.07) is 6.99. The van der Waals surface area contributed by atoms with Gasteiger partial charge in [-0.25, -0.2) is 0 Å². The number of halogens is 2. The Bertz CT molecular complexity index is 466. The standard InChI is InChI=1S/C11H11BrINS2/c1-14-9(7-4-11(13)15-6-7)5-8-2-3-10(12)16-8/h2-4,6,9,14H,5H2,1H3. The van der Waals surface area contributed by atoms with E-state index in [2.05, 4.69) is 67.4 Å². The fourth-order valence-electron chi connectivity index (χ4n) is 1.56. The van der Waals surface area contributed by atoms with Gasteiger partial charge in [0, 0.05) is 17.3 Å². The molecule has 2 aromatic rings. The molecule has 1 N–H and O–H groups in total. The van der Waals surface area contributed by atoms with Crippen LogP contribution in [0.1, 0.15) is 16.5 Å². The Balaban J connectivity index is 2.12. The average Bonchev–Trinajstić information content (AvgIpc) is 2.84. The Labute approximate surface area is 126 Å². The van der Waals surface area contributed by atoms with Crippen molar-refractivity contribution in [3.63, 3.8) is 0 Å². The molecular formula is C11H11BrINS2. The summed E-state index contributed by atoms with van der Waals surface area (Å²) in [7, 11) is 2.03. The van der Waals surface area contributed by atoms with E-state index in [4.69, 9.17) is 0 Å². The molecule has 86 valence electrons. The fourth-order valence-corrected chi connectivity index (χ4v) is 4.51. The van der Waals surface area contributed by atoms with E-state index in [0.717, 1.165) is 6.42 Å². The molecule has 2 rings (SSSR count). The summed E-state index contributed by atoms with van der Waals surface area (Å²) < 4.78 is 2.55. The fraction of sp³-hybridized carbons (Fsp3) is 0.273. The third-order valence-corrected chi connectivity index (χ3v) is 5.83. The van der Waals surface area contributed by atoms with Crippen molar-refractivity contribution in [3.05, 3.63) is 40.7 Å². The summed E-state index contributed by atoms with van der Waals surface area (Å²) in [5, 5.41) is 5.63. The van der Waals surface area contributed by atoms with Crippen molar-refractivity contribution in [2.45, 2.75) is 12.5 Å². The number of likely N-dealkylation sites (N-methyl/N-ethyl adjacent to an activating group) is 1. The average molecular weight is 428 g/mol. The van der Waals surface area contributed by atoms with Gasteiger partial charge < -0.3 is 5.32 Å². The van der Waals surface area contributed by atoms with E-state index in [1.54, 1.807) is 11.3 Å². The summed E-state index contributed by atoms with van der Waals surface area (Å²) >= 11 is 9.49. The second-order valence-corrected chi connectivity index (χ2v) is 8.79. The first kappa shape index (κ1) is 13.0. The number of hydrogen-bond acceptors (Lipinski definition) is 3. The summed E-state index contributed by atoms with van der Waals surface area (Å²) in [6.07, 6.45) is 1.06. The van der Waals surface area contributed by atoms with Crippen LogP contribution in [0.15, 0.2) is 27.4 Å². The lowest BCUT2D eigenvalue weighted by molar-refractivity contribution is 0.598. The van der Waals surface area contributed by atoms with Crippen LogP contribution >= 0.6 is 61.2 Å². The summed E-state index contributed by atoms with van der Waals surface area (Å²) in [6.45, 7) is 0. The topological polar surface area (TPSA) is 12.0 Å². The van der Waals surface area contributed by atoms with Crippen molar-refractivity contribution in [2.24, 2.45) is 0 Å². The Morgan fingerprint density at radius 1 is 1.50 bits per heavy atom. The largest absolute Gasteiger partial charge is 0.313 e. The van der Waals surface area contributed by atoms with Gasteiger partial charge in [-0.15, -0.1) is 22.7 Å². The van der Waals surface area contributed by atoms with E-state index in [-0.39, 0.29) is 0 Å². The van der Waals surface area contributed by atoms with Gasteiger partial charge in [0.05, 0.1) is 6.67 Å². The summed E-state index contributed by atoms with van der Waals surface area (Å²) in [5.41, 5.74) is 1.39. The molecule has 0 aliphatic rings. The molecule has 16 heavy (non-hydrogen) atoms. The molecule has 2 aromatic heterocycles. The molecular weight excluding hydrogens is 417 g/mol. The molecule has 0 bridgehead atoms. The SMILES string of the molecule is CNC(Cc1ccc(Br)s1)c1csc(I)c1. The molecule has 5 heteroatoms. The second kappa shape index (κ2) is 5.95. The van der Waals surface area contributed by atoms with Crippen molar-refractivity contribution >= 4 is 61.2 Å². The molecule has 2 heterocycles. The lowest BCUT2D eigenvalue weighted by Crippen LogP contribution is -2.17. The highest BCUT2D eigenvalue weighted by atomic mass is 127. The van der Waals surface area contributed by atoms with Crippen LogP contribution < -0.4 is 5.32 Å². The number of thiophene rings is 2. The molecule has 0 saturated heterocycles. The van der Waals surface area contributed by atoms with Crippen LogP contribution in [0.4, 0.5) is 0 Å². The lowest BCUT2D eigenvalue weighted by Gasteiger charge is -2.13. The van der Waals surface area contributed by atoms with E-state index in [0.29, 0.717) is 6.04 Å². The minimum absolute atomic E-state index is 0.422. The van der Waals surface area contributed by atoms with Crippen molar-refractivity contribution in [1.29, 1.82) is 0 Å². The summed E-state index contributed by atoms with van der Waals surface area (Å²) in [4.78, 5) is 1.41. The minimum Gasteiger partial charge on any atom is -0.313 e. The first-order chi connectivity index (χ1) is 7.69. The quantitative estimate of drug-likeness (QED) is 0.698. The highest BCUT2D eigenvalue weighted by Crippen LogP contribution is 2.29. The molecule has 0 amide bonds. The van der Waals surface area contributed by atoms with E-state index in [1.807, 2.05) is 18.4 Å². The predicted octanol–water partition coefficient (Wildman–Crippen LogP) is 4.68. The summed E-state index contributed by atoms with van der Waals surface area (Å²) in [5.74, 6) is 0. The first-order valence-electron chi connectivity index (χ1n) is 4.84. The van der Waals surface area contributed by atoms with Crippen molar-refractivity contribution in [2.75, 3.05) is 7.05 Å². The highest BCUT2D eigenvalue weighted by Gasteiger charge is 2.12. The van der Waals surface area contributed by atoms with Crippen LogP contribution in [0.25, 0.3) is 0 Å². The third-order valence-electron chi connectivity index (χ3n) is 2.37. The molecule has 0 aromatic carbocycles. The monoisotopic (exact) mass is 427 g/mol. The van der Waals surface area contributed by atoms with Gasteiger partial charge in [-0.1, -0.05) is 0 Å². The molecule has 0 aliphatic carbocycles. The molecule has 1 atom stereocenters. The normalized spacial score (nSPS) is 12.9. The van der Waals surface area contributed by atoms with Crippen LogP contribution in [0.3, 0.4) is 0 Å². The van der Waals surface area contributed by atoms with Crippen LogP contribution in [-0.4, -0.2) is 7.05 Å². The van der Waals surface area contributed by atoms with E-state index in [1.165, 1.54) is 17.1 Å². The van der Waals surface area contributed by atoms with Gasteiger partial charge in [0.15, 0.2) is 0 Å². The molecule has 0 radical (unpaired) electrons. The zero-order valence-electron chi connectivity index (χ0n) is 8.67. The Morgan fingerprint density at radius 3 is 2.81 bits per heavy atom. The third kappa shape index (κ3) is 3.29. The van der Waals surface area contributed by atoms with Gasteiger partial charge in [-0.3, -0.25) is 0 Å². The van der Waals surface area contributed by atoms with E-state index in [9.17, 15) is 0 Å². The second-order valence-electron chi connectivity index (χ2n) is 3.44. The highest BCUT2D eigenvalue weighted by molar-refractivity contribution is 14.1. The van der Waals surface area contributed by atoms with Crippen LogP contribution in [0.5, 0.6) is 0 Å². The predicted molar refractivity (Wildman–Crippen MR) is 84.6 cm³/mol. The van der Waals surface area contributed by atoms with Crippen LogP contribution in [0, 0.1) is 2.88 Å². The van der Waals surface area contributed by atoms with E-state index >= 15 is 0 Å². The van der Waals surface area contributed by atoms with Crippen molar-refractivity contribution in [3.8, 4) is 0 Å². The van der Waals surface area contributed by atoms with Gasteiger partial charge in [0.1, 0.15) is 0 Å². The van der Waals surface area contributed by atoms with Crippen LogP contribution in [0.2, 0.25) is 0 Å². The smallest absolute Gasteiger partial charge is 0.0701 e. The lowest BCUT2D eigenvalue weighted by atomic mass is 10.1. The van der Waals surface area contributed by atoms with Crippen molar-refractivity contribution < 1.29 is 0 Å². The Kier molecular flexibility index (Phi) is 4.84. The molecule has 0 aliphatic heterocycles. The zero-order valence-corrected chi connectivity index (χ0v) is 14.0. The van der Waals surface area contributed by atoms with Gasteiger partial charge >= 0.3 is 0 Å². The maximum absolute atomic E-state index is 3.50. The molecule has 1 unspecified atom stereocenters. The van der Waals surface area contributed by atoms with Gasteiger partial charge in [0.2, 0.25) is 0 Å². The molecule has 1 nitrogen and oxygen atoms in total. The molecule has 0 fully saturated rings. The Hall–Kier alpha value is 0.570. The number of nitrogens with one attached hydrogen (secondary N) is 1. The van der Waals surface area contributed by atoms with Gasteiger partial charge in [-0.05, 0) is 74.7 Å². The Morgan fingerprint density at radius 2 is 2.31 bits per heavy atom. The van der Waals surface area contributed by atoms with Crippen LogP contribution in [-0.2, 0) is 6.42 Å².